The molecule has 0 aliphatic carbocycles. The average Bonchev–Trinajstić information content (AvgIpc) is 2.92. The maximum absolute atomic E-state index is 12.0. The van der Waals surface area contributed by atoms with Crippen LogP contribution in [0, 0.1) is 6.92 Å². The van der Waals surface area contributed by atoms with E-state index in [0.29, 0.717) is 5.56 Å². The fraction of sp³-hybridized carbons (Fsp3) is 0.667. The summed E-state index contributed by atoms with van der Waals surface area (Å²) >= 11 is 0. The van der Waals surface area contributed by atoms with Gasteiger partial charge in [-0.15, -0.1) is 0 Å². The largest absolute Gasteiger partial charge is 0.444 e. The van der Waals surface area contributed by atoms with Gasteiger partial charge < -0.3 is 25.9 Å². The van der Waals surface area contributed by atoms with Gasteiger partial charge in [-0.1, -0.05) is 5.11 Å². The Morgan fingerprint density at radius 2 is 2.28 bits per heavy atom. The van der Waals surface area contributed by atoms with Gasteiger partial charge in [-0.2, -0.15) is 0 Å². The van der Waals surface area contributed by atoms with Crippen LogP contribution in [0.3, 0.4) is 0 Å². The van der Waals surface area contributed by atoms with Crippen molar-refractivity contribution in [2.75, 3.05) is 13.2 Å². The van der Waals surface area contributed by atoms with Crippen LogP contribution in [0.1, 0.15) is 25.1 Å². The highest BCUT2D eigenvalue weighted by Gasteiger charge is 2.36. The zero-order chi connectivity index (χ0) is 18.6. The number of azide groups is 1. The Hall–Kier alpha value is -1.84. The maximum atomic E-state index is 12.0. The van der Waals surface area contributed by atoms with Crippen LogP contribution in [0.25, 0.3) is 10.4 Å². The highest BCUT2D eigenvalue weighted by molar-refractivity contribution is 7.79. The average molecular weight is 369 g/mol. The molecule has 135 valence electrons. The molecule has 0 saturated carbocycles. The molecule has 1 N–H and O–H groups in total. The third-order valence-electron chi connectivity index (χ3n) is 3.59. The van der Waals surface area contributed by atoms with Crippen molar-refractivity contribution in [2.24, 2.45) is 5.11 Å². The monoisotopic (exact) mass is 369 g/mol. The Labute approximate surface area is 143 Å². The van der Waals surface area contributed by atoms with Crippen molar-refractivity contribution >= 4 is 15.0 Å². The van der Waals surface area contributed by atoms with Crippen LogP contribution >= 0.6 is 7.47 Å². The Kier molecular flexibility index (Phi) is 6.26. The Bertz CT molecular complexity index is 834. The normalized spacial score (nSPS) is 25.3. The van der Waals surface area contributed by atoms with Crippen molar-refractivity contribution in [2.45, 2.75) is 38.6 Å². The number of aromatic nitrogens is 2. The molecule has 1 aromatic heterocycles. The van der Waals surface area contributed by atoms with E-state index in [0.717, 1.165) is 0 Å². The van der Waals surface area contributed by atoms with Crippen LogP contribution < -0.4 is 11.2 Å². The number of nitrogens with one attached hydrogen (secondary N) is 1. The molecule has 1 aliphatic heterocycles. The first-order valence-corrected chi connectivity index (χ1v) is 9.08. The lowest BCUT2D eigenvalue weighted by atomic mass is 10.1. The molecular weight excluding hydrogens is 352 g/mol. The number of nitrogens with zero attached hydrogens (tertiary/aromatic N) is 4. The van der Waals surface area contributed by atoms with Crippen molar-refractivity contribution in [3.8, 4) is 0 Å². The van der Waals surface area contributed by atoms with E-state index in [4.69, 9.17) is 26.9 Å². The third kappa shape index (κ3) is 4.84. The number of hydrogen-bond donors (Lipinski definition) is 1. The van der Waals surface area contributed by atoms with Gasteiger partial charge in [0.1, 0.15) is 6.23 Å². The lowest BCUT2D eigenvalue weighted by Crippen LogP contribution is -2.33. The second-order valence-corrected chi connectivity index (χ2v) is 6.97. The van der Waals surface area contributed by atoms with Crippen molar-refractivity contribution in [1.82, 2.24) is 9.55 Å². The fourth-order valence-corrected chi connectivity index (χ4v) is 3.21. The molecule has 25 heavy (non-hydrogen) atoms. The maximum Gasteiger partial charge on any atom is 0.330 e. The molecule has 4 atom stereocenters. The van der Waals surface area contributed by atoms with E-state index in [-0.39, 0.29) is 19.6 Å². The summed E-state index contributed by atoms with van der Waals surface area (Å²) in [5.74, 6) is 0. The zero-order valence-corrected chi connectivity index (χ0v) is 14.6. The van der Waals surface area contributed by atoms with Gasteiger partial charge in [-0.25, -0.2) is 4.79 Å². The van der Waals surface area contributed by atoms with E-state index >= 15 is 0 Å². The van der Waals surface area contributed by atoms with Crippen LogP contribution in [0.5, 0.6) is 0 Å². The first-order chi connectivity index (χ1) is 11.8. The van der Waals surface area contributed by atoms with Crippen molar-refractivity contribution < 1.29 is 18.3 Å². The predicted molar refractivity (Wildman–Crippen MR) is 88.5 cm³/mol. The molecule has 3 radical (unpaired) electrons. The summed E-state index contributed by atoms with van der Waals surface area (Å²) in [7, 11) is 1.65. The molecule has 1 aromatic rings. The van der Waals surface area contributed by atoms with E-state index in [2.05, 4.69) is 15.0 Å². The fourth-order valence-electron chi connectivity index (χ4n) is 2.42. The van der Waals surface area contributed by atoms with Crippen molar-refractivity contribution in [3.05, 3.63) is 43.0 Å². The van der Waals surface area contributed by atoms with Crippen LogP contribution in [0.4, 0.5) is 0 Å². The molecule has 1 aliphatic rings. The van der Waals surface area contributed by atoms with Gasteiger partial charge in [0.05, 0.1) is 26.2 Å². The Morgan fingerprint density at radius 3 is 2.92 bits per heavy atom. The van der Waals surface area contributed by atoms with Gasteiger partial charge in [0, 0.05) is 29.7 Å². The van der Waals surface area contributed by atoms with E-state index in [9.17, 15) is 14.2 Å². The smallest absolute Gasteiger partial charge is 0.330 e. The number of H-pyrrole nitrogens is 1. The molecule has 11 nitrogen and oxygen atoms in total. The topological polar surface area (TPSA) is 148 Å². The number of rotatable bonds is 7. The minimum Gasteiger partial charge on any atom is -0.444 e. The van der Waals surface area contributed by atoms with E-state index in [1.807, 2.05) is 0 Å². The summed E-state index contributed by atoms with van der Waals surface area (Å²) in [6, 6.07) is -0.671. The molecule has 2 heterocycles. The number of aryl methyl sites for hydroxylation is 1. The molecule has 0 spiro atoms. The number of aromatic amines is 1. The van der Waals surface area contributed by atoms with E-state index in [1.165, 1.54) is 10.8 Å². The minimum atomic E-state index is -3.74. The second-order valence-electron chi connectivity index (χ2n) is 5.37. The lowest BCUT2D eigenvalue weighted by Gasteiger charge is -2.28. The van der Waals surface area contributed by atoms with Crippen LogP contribution in [0.15, 0.2) is 20.9 Å². The summed E-state index contributed by atoms with van der Waals surface area (Å²) in [6.07, 6.45) is -0.0303. The second kappa shape index (κ2) is 8.03. The van der Waals surface area contributed by atoms with Crippen LogP contribution in [-0.2, 0) is 18.3 Å². The first-order valence-electron chi connectivity index (χ1n) is 7.46. The van der Waals surface area contributed by atoms with Crippen LogP contribution in [0.2, 0.25) is 0 Å². The SMILES string of the molecule is [B-]P(=O)(OCC)OC[C@H]1O[C@@H](n2cc(C)c(=O)[nH]c2=O)C[C@@H]1N=[N+]=[N-]. The summed E-state index contributed by atoms with van der Waals surface area (Å²) in [6.45, 7) is 3.01. The number of ether oxygens (including phenoxy) is 1. The van der Waals surface area contributed by atoms with Gasteiger partial charge in [0.25, 0.3) is 5.56 Å². The standard InChI is InChI=1S/C12H17BN5O6P/c1-3-22-25(13,21)23-6-9-8(16-17-14)4-10(24-9)18-5-7(2)11(19)15-12(18)20/h5,8-10H,3-4,6H2,1-2H3,(H,15,19,20)/q-1/t8-,9+,10+,25?/m0/s1. The molecule has 1 fully saturated rings. The van der Waals surface area contributed by atoms with Crippen molar-refractivity contribution in [1.29, 1.82) is 0 Å². The highest BCUT2D eigenvalue weighted by Crippen LogP contribution is 2.43. The summed E-state index contributed by atoms with van der Waals surface area (Å²) < 4.78 is 28.5. The van der Waals surface area contributed by atoms with Gasteiger partial charge in [0.15, 0.2) is 0 Å². The molecule has 2 rings (SSSR count). The number of hydrogen-bond acceptors (Lipinski definition) is 7. The lowest BCUT2D eigenvalue weighted by molar-refractivity contribution is -0.0239. The first kappa shape index (κ1) is 19.5. The Balaban J connectivity index is 2.19. The summed E-state index contributed by atoms with van der Waals surface area (Å²) in [5.41, 5.74) is 7.87. The molecule has 0 aromatic carbocycles. The molecule has 0 amide bonds. The van der Waals surface area contributed by atoms with Crippen LogP contribution in [-0.4, -0.2) is 42.5 Å². The van der Waals surface area contributed by atoms with Crippen molar-refractivity contribution in [3.63, 3.8) is 0 Å². The highest BCUT2D eigenvalue weighted by atomic mass is 31.2. The van der Waals surface area contributed by atoms with E-state index < -0.39 is 37.1 Å². The van der Waals surface area contributed by atoms with Gasteiger partial charge >= 0.3 is 5.69 Å². The third-order valence-corrected chi connectivity index (χ3v) is 4.72. The molecule has 13 heteroatoms. The van der Waals surface area contributed by atoms with Gasteiger partial charge in [-0.3, -0.25) is 14.3 Å². The Morgan fingerprint density at radius 1 is 1.56 bits per heavy atom. The van der Waals surface area contributed by atoms with E-state index in [1.54, 1.807) is 13.8 Å². The summed E-state index contributed by atoms with van der Waals surface area (Å²) in [4.78, 5) is 28.3. The van der Waals surface area contributed by atoms with Gasteiger partial charge in [0.2, 0.25) is 0 Å². The predicted octanol–water partition coefficient (Wildman–Crippen LogP) is 1.14. The molecule has 0 bridgehead atoms. The van der Waals surface area contributed by atoms with Gasteiger partial charge in [-0.05, 0) is 19.4 Å². The molecular formula is C12H17BN5O6P-. The molecule has 1 unspecified atom stereocenters. The minimum absolute atomic E-state index is 0.105. The quantitative estimate of drug-likeness (QED) is 0.250. The summed E-state index contributed by atoms with van der Waals surface area (Å²) in [5, 5.41) is 3.61. The zero-order valence-electron chi connectivity index (χ0n) is 13.7. The molecule has 1 saturated heterocycles.